The summed E-state index contributed by atoms with van der Waals surface area (Å²) < 4.78 is 61.3. The highest BCUT2D eigenvalue weighted by Gasteiger charge is 2.29. The highest BCUT2D eigenvalue weighted by molar-refractivity contribution is 7.47. The number of aliphatic hydroxyl groups excluding tert-OH is 2. The lowest BCUT2D eigenvalue weighted by molar-refractivity contribution is -0.161. The predicted octanol–water partition coefficient (Wildman–Crippen LogP) is 24.8. The Morgan fingerprint density at radius 1 is 0.271 bits per heavy atom. The SMILES string of the molecule is CC/C=C\C/C=C\C/C=C\C/C=C\C/C=C\C/C=C\CCCCCCCCCCC(=O)OCC(O)COP(=O)(O)OCC(O)COP(=O)(O)OCC(COC(=O)CCCCCCCCCCC/C=C\C/C=C\C/C=C\C/C=C\C/C=C\CC)OC(=O)CCCCCCCC/C=C\C/C=C\C/C=C\CCCCC. The van der Waals surface area contributed by atoms with Crippen LogP contribution in [0.15, 0.2) is 170 Å². The van der Waals surface area contributed by atoms with Crippen molar-refractivity contribution in [3.05, 3.63) is 170 Å². The van der Waals surface area contributed by atoms with Gasteiger partial charge in [-0.25, -0.2) is 9.13 Å². The summed E-state index contributed by atoms with van der Waals surface area (Å²) in [5.74, 6) is -1.61. The minimum atomic E-state index is -4.95. The van der Waals surface area contributed by atoms with Gasteiger partial charge in [0.25, 0.3) is 0 Å². The van der Waals surface area contributed by atoms with Crippen LogP contribution in [0.1, 0.15) is 316 Å². The number of aliphatic hydroxyl groups is 2. The van der Waals surface area contributed by atoms with Gasteiger partial charge in [0.2, 0.25) is 0 Å². The van der Waals surface area contributed by atoms with Crippen molar-refractivity contribution in [2.75, 3.05) is 39.6 Å². The number of hydrogen-bond acceptors (Lipinski definition) is 14. The summed E-state index contributed by atoms with van der Waals surface area (Å²) in [5, 5.41) is 20.7. The number of allylic oxidation sites excluding steroid dienone is 28. The fourth-order valence-electron chi connectivity index (χ4n) is 10.7. The molecular weight excluding hydrogens is 1390 g/mol. The second-order valence-electron chi connectivity index (χ2n) is 27.2. The second-order valence-corrected chi connectivity index (χ2v) is 30.1. The highest BCUT2D eigenvalue weighted by Crippen LogP contribution is 2.45. The molecule has 0 radical (unpaired) electrons. The quantitative estimate of drug-likeness (QED) is 0.0146. The maximum atomic E-state index is 13.0. The zero-order valence-corrected chi connectivity index (χ0v) is 68.5. The Labute approximate surface area is 650 Å². The van der Waals surface area contributed by atoms with Crippen LogP contribution in [0.4, 0.5) is 0 Å². The average Bonchev–Trinajstić information content (AvgIpc) is 0.903. The summed E-state index contributed by atoms with van der Waals surface area (Å²) in [6.07, 6.45) is 102. The third kappa shape index (κ3) is 81.7. The van der Waals surface area contributed by atoms with E-state index in [0.717, 1.165) is 193 Å². The molecule has 16 nitrogen and oxygen atoms in total. The number of carbonyl (C=O) groups excluding carboxylic acids is 3. The smallest absolute Gasteiger partial charge is 0.463 e. The molecule has 0 saturated carbocycles. The normalized spacial score (nSPS) is 14.8. The molecule has 0 fully saturated rings. The van der Waals surface area contributed by atoms with Crippen LogP contribution in [0, 0.1) is 0 Å². The molecule has 0 aliphatic heterocycles. The Balaban J connectivity index is 4.67. The van der Waals surface area contributed by atoms with Gasteiger partial charge in [-0.3, -0.25) is 32.5 Å². The van der Waals surface area contributed by atoms with Crippen LogP contribution in [0.25, 0.3) is 0 Å². The lowest BCUT2D eigenvalue weighted by Gasteiger charge is -2.21. The lowest BCUT2D eigenvalue weighted by atomic mass is 10.1. The third-order valence-corrected chi connectivity index (χ3v) is 18.8. The van der Waals surface area contributed by atoms with E-state index in [2.05, 4.69) is 191 Å². The van der Waals surface area contributed by atoms with Crippen molar-refractivity contribution in [1.29, 1.82) is 0 Å². The van der Waals surface area contributed by atoms with E-state index in [9.17, 15) is 43.5 Å². The molecule has 18 heteroatoms. The predicted molar refractivity (Wildman–Crippen MR) is 445 cm³/mol. The van der Waals surface area contributed by atoms with E-state index in [1.807, 2.05) is 0 Å². The summed E-state index contributed by atoms with van der Waals surface area (Å²) in [4.78, 5) is 58.8. The maximum Gasteiger partial charge on any atom is 0.472 e. The van der Waals surface area contributed by atoms with Gasteiger partial charge < -0.3 is 34.2 Å². The Morgan fingerprint density at radius 3 is 0.785 bits per heavy atom. The Bertz CT molecular complexity index is 2620. The van der Waals surface area contributed by atoms with Crippen LogP contribution in [-0.4, -0.2) is 95.9 Å². The van der Waals surface area contributed by atoms with Gasteiger partial charge in [-0.05, 0) is 154 Å². The van der Waals surface area contributed by atoms with Gasteiger partial charge in [-0.1, -0.05) is 313 Å². The molecule has 0 rings (SSSR count). The standard InChI is InChI=1S/C89H148O16P2/c1-4-7-10-13-16-19-22-25-28-31-34-36-38-40-41-43-45-46-49-51-54-57-60-63-66-69-72-75-87(92)99-78-84(90)79-101-106(95,96)102-80-85(91)81-103-107(97,98)104-83-86(105-89(94)77-74-71-68-65-62-59-56-53-48-33-30-27-24-21-18-15-12-9-6-3)82-100-88(93)76-73-70-67-64-61-58-55-52-50-47-44-42-39-37-35-32-29-26-23-20-17-14-11-8-5-2/h7-8,10-11,16-21,25-30,34-37,40-42,44-46,48,53,84-86,90-91H,4-6,9,12-15,22-24,31-33,38-39,43,47,49-52,54-83H2,1-3H3,(H,95,96)(H,97,98)/b10-7-,11-8-,19-16-,20-17-,21-18-,28-25-,29-26-,30-27-,36-34-,37-35-,41-40-,44-42-,46-45-,53-48-. The van der Waals surface area contributed by atoms with Crippen molar-refractivity contribution < 1.29 is 75.8 Å². The van der Waals surface area contributed by atoms with E-state index >= 15 is 0 Å². The largest absolute Gasteiger partial charge is 0.472 e. The summed E-state index contributed by atoms with van der Waals surface area (Å²) in [7, 11) is -9.82. The van der Waals surface area contributed by atoms with Crippen molar-refractivity contribution in [1.82, 2.24) is 0 Å². The second kappa shape index (κ2) is 80.4. The van der Waals surface area contributed by atoms with E-state index in [1.165, 1.54) is 64.2 Å². The molecular formula is C89H148O16P2. The van der Waals surface area contributed by atoms with Gasteiger partial charge in [0.1, 0.15) is 25.4 Å². The molecule has 0 aliphatic carbocycles. The van der Waals surface area contributed by atoms with Gasteiger partial charge >= 0.3 is 33.6 Å². The van der Waals surface area contributed by atoms with E-state index in [-0.39, 0.29) is 19.3 Å². The Kier molecular flexibility index (Phi) is 76.6. The summed E-state index contributed by atoms with van der Waals surface area (Å²) >= 11 is 0. The lowest BCUT2D eigenvalue weighted by Crippen LogP contribution is -2.30. The van der Waals surface area contributed by atoms with E-state index in [0.29, 0.717) is 19.3 Å². The fourth-order valence-corrected chi connectivity index (χ4v) is 12.3. The van der Waals surface area contributed by atoms with Gasteiger partial charge in [0, 0.05) is 19.3 Å². The Hall–Kier alpha value is -5.09. The number of rotatable bonds is 77. The monoisotopic (exact) mass is 1540 g/mol. The summed E-state index contributed by atoms with van der Waals surface area (Å²) in [6, 6.07) is 0. The van der Waals surface area contributed by atoms with Crippen LogP contribution in [-0.2, 0) is 55.8 Å². The van der Waals surface area contributed by atoms with Crippen LogP contribution in [0.2, 0.25) is 0 Å². The average molecular weight is 1540 g/mol. The number of ether oxygens (including phenoxy) is 3. The molecule has 0 amide bonds. The number of unbranched alkanes of at least 4 members (excludes halogenated alkanes) is 26. The summed E-state index contributed by atoms with van der Waals surface area (Å²) in [6.45, 7) is 2.40. The third-order valence-electron chi connectivity index (χ3n) is 16.9. The van der Waals surface area contributed by atoms with Gasteiger partial charge in [-0.15, -0.1) is 0 Å². The molecule has 0 aliphatic rings. The minimum absolute atomic E-state index is 0.0835. The molecule has 0 spiro atoms. The van der Waals surface area contributed by atoms with Crippen molar-refractivity contribution in [2.45, 2.75) is 334 Å². The minimum Gasteiger partial charge on any atom is -0.463 e. The van der Waals surface area contributed by atoms with Gasteiger partial charge in [0.15, 0.2) is 6.10 Å². The van der Waals surface area contributed by atoms with E-state index in [1.54, 1.807) is 0 Å². The first kappa shape index (κ1) is 102. The van der Waals surface area contributed by atoms with Gasteiger partial charge in [-0.2, -0.15) is 0 Å². The first-order valence-corrected chi connectivity index (χ1v) is 44.4. The number of esters is 3. The molecule has 4 N–H and O–H groups in total. The molecule has 0 aromatic heterocycles. The molecule has 0 bridgehead atoms. The highest BCUT2D eigenvalue weighted by atomic mass is 31.2. The molecule has 610 valence electrons. The number of phosphoric ester groups is 2. The van der Waals surface area contributed by atoms with Crippen molar-refractivity contribution >= 4 is 33.6 Å². The molecule has 107 heavy (non-hydrogen) atoms. The fraction of sp³-hybridized carbons (Fsp3) is 0.652. The van der Waals surface area contributed by atoms with Crippen LogP contribution in [0.5, 0.6) is 0 Å². The number of phosphoric acid groups is 2. The van der Waals surface area contributed by atoms with Crippen molar-refractivity contribution in [2.24, 2.45) is 0 Å². The van der Waals surface area contributed by atoms with E-state index in [4.69, 9.17) is 32.3 Å². The molecule has 5 atom stereocenters. The Morgan fingerprint density at radius 2 is 0.495 bits per heavy atom. The zero-order valence-electron chi connectivity index (χ0n) is 66.7. The van der Waals surface area contributed by atoms with Crippen LogP contribution < -0.4 is 0 Å². The van der Waals surface area contributed by atoms with Crippen molar-refractivity contribution in [3.63, 3.8) is 0 Å². The number of hydrogen-bond donors (Lipinski definition) is 4. The van der Waals surface area contributed by atoms with Crippen LogP contribution >= 0.6 is 15.6 Å². The topological polar surface area (TPSA) is 231 Å². The van der Waals surface area contributed by atoms with Gasteiger partial charge in [0.05, 0.1) is 26.4 Å². The van der Waals surface area contributed by atoms with Crippen molar-refractivity contribution in [3.8, 4) is 0 Å². The van der Waals surface area contributed by atoms with E-state index < -0.39 is 91.5 Å². The first-order chi connectivity index (χ1) is 52.2. The molecule has 5 unspecified atom stereocenters. The molecule has 0 heterocycles. The molecule has 0 saturated heterocycles. The molecule has 0 aromatic rings. The maximum absolute atomic E-state index is 13.0. The zero-order chi connectivity index (χ0) is 78.0. The van der Waals surface area contributed by atoms with Crippen LogP contribution in [0.3, 0.4) is 0 Å². The summed E-state index contributed by atoms with van der Waals surface area (Å²) in [5.41, 5.74) is 0. The molecule has 0 aromatic carbocycles. The number of carbonyl (C=O) groups is 3. The first-order valence-electron chi connectivity index (χ1n) is 41.4.